The SMILES string of the molecule is Cc1nc2n(n1)CC(Nc1ccc(C)c(C#N)n1)CC2. The first-order chi connectivity index (χ1) is 9.65. The zero-order chi connectivity index (χ0) is 14.1. The number of hydrogen-bond acceptors (Lipinski definition) is 5. The van der Waals surface area contributed by atoms with Crippen molar-refractivity contribution >= 4 is 5.82 Å². The molecular formula is C14H16N6. The van der Waals surface area contributed by atoms with Crippen LogP contribution in [0.15, 0.2) is 12.1 Å². The molecule has 0 saturated carbocycles. The summed E-state index contributed by atoms with van der Waals surface area (Å²) in [7, 11) is 0. The first-order valence-electron chi connectivity index (χ1n) is 6.70. The molecule has 1 aliphatic heterocycles. The first kappa shape index (κ1) is 12.6. The number of anilines is 1. The van der Waals surface area contributed by atoms with Crippen LogP contribution in [0.5, 0.6) is 0 Å². The molecule has 102 valence electrons. The molecule has 1 aliphatic rings. The van der Waals surface area contributed by atoms with Crippen molar-refractivity contribution in [3.05, 3.63) is 35.0 Å². The predicted molar refractivity (Wildman–Crippen MR) is 74.2 cm³/mol. The Morgan fingerprint density at radius 1 is 1.35 bits per heavy atom. The Morgan fingerprint density at radius 3 is 3.00 bits per heavy atom. The van der Waals surface area contributed by atoms with Gasteiger partial charge in [-0.2, -0.15) is 10.4 Å². The minimum absolute atomic E-state index is 0.269. The lowest BCUT2D eigenvalue weighted by molar-refractivity contribution is 0.440. The Hall–Kier alpha value is -2.42. The lowest BCUT2D eigenvalue weighted by Gasteiger charge is -2.24. The average Bonchev–Trinajstić information content (AvgIpc) is 2.80. The second-order valence-electron chi connectivity index (χ2n) is 5.11. The van der Waals surface area contributed by atoms with E-state index < -0.39 is 0 Å². The summed E-state index contributed by atoms with van der Waals surface area (Å²) in [6.45, 7) is 4.59. The summed E-state index contributed by atoms with van der Waals surface area (Å²) in [5.74, 6) is 2.62. The molecule has 2 aromatic rings. The van der Waals surface area contributed by atoms with Gasteiger partial charge in [0, 0.05) is 12.5 Å². The van der Waals surface area contributed by atoms with Gasteiger partial charge in [-0.1, -0.05) is 6.07 Å². The molecule has 6 heteroatoms. The quantitative estimate of drug-likeness (QED) is 0.894. The van der Waals surface area contributed by atoms with E-state index in [0.717, 1.165) is 42.4 Å². The molecule has 2 aromatic heterocycles. The summed E-state index contributed by atoms with van der Waals surface area (Å²) >= 11 is 0. The Morgan fingerprint density at radius 2 is 2.20 bits per heavy atom. The number of nitriles is 1. The van der Waals surface area contributed by atoms with Crippen molar-refractivity contribution in [2.24, 2.45) is 0 Å². The average molecular weight is 268 g/mol. The van der Waals surface area contributed by atoms with Crippen LogP contribution < -0.4 is 5.32 Å². The fourth-order valence-corrected chi connectivity index (χ4v) is 2.48. The third-order valence-electron chi connectivity index (χ3n) is 3.52. The van der Waals surface area contributed by atoms with E-state index in [0.29, 0.717) is 5.69 Å². The zero-order valence-electron chi connectivity index (χ0n) is 11.6. The molecule has 0 spiro atoms. The molecule has 0 bridgehead atoms. The van der Waals surface area contributed by atoms with Gasteiger partial charge in [-0.05, 0) is 31.9 Å². The maximum atomic E-state index is 9.02. The Balaban J connectivity index is 1.75. The van der Waals surface area contributed by atoms with Gasteiger partial charge in [0.1, 0.15) is 29.2 Å². The molecule has 1 atom stereocenters. The highest BCUT2D eigenvalue weighted by Gasteiger charge is 2.21. The number of nitrogens with one attached hydrogen (secondary N) is 1. The van der Waals surface area contributed by atoms with Crippen molar-refractivity contribution in [2.75, 3.05) is 5.32 Å². The standard InChI is InChI=1S/C14H16N6/c1-9-3-5-13(18-12(9)7-15)17-11-4-6-14-16-10(2)19-20(14)8-11/h3,5,11H,4,6,8H2,1-2H3,(H,17,18). The van der Waals surface area contributed by atoms with Crippen LogP contribution in [0.4, 0.5) is 5.82 Å². The lowest BCUT2D eigenvalue weighted by Crippen LogP contribution is -2.32. The van der Waals surface area contributed by atoms with E-state index in [4.69, 9.17) is 5.26 Å². The van der Waals surface area contributed by atoms with Gasteiger partial charge in [-0.15, -0.1) is 0 Å². The van der Waals surface area contributed by atoms with Gasteiger partial charge < -0.3 is 5.32 Å². The number of rotatable bonds is 2. The van der Waals surface area contributed by atoms with Gasteiger partial charge in [0.05, 0.1) is 6.54 Å². The summed E-state index contributed by atoms with van der Waals surface area (Å²) in [4.78, 5) is 8.73. The minimum atomic E-state index is 0.269. The van der Waals surface area contributed by atoms with Gasteiger partial charge in [-0.25, -0.2) is 14.6 Å². The normalized spacial score (nSPS) is 17.4. The molecule has 0 fully saturated rings. The molecule has 1 unspecified atom stereocenters. The van der Waals surface area contributed by atoms with Gasteiger partial charge in [-0.3, -0.25) is 0 Å². The monoisotopic (exact) mass is 268 g/mol. The van der Waals surface area contributed by atoms with Crippen molar-refractivity contribution in [3.63, 3.8) is 0 Å². The molecule has 6 nitrogen and oxygen atoms in total. The maximum absolute atomic E-state index is 9.02. The second-order valence-corrected chi connectivity index (χ2v) is 5.11. The third-order valence-corrected chi connectivity index (χ3v) is 3.52. The second kappa shape index (κ2) is 4.93. The van der Waals surface area contributed by atoms with Gasteiger partial charge in [0.2, 0.25) is 0 Å². The van der Waals surface area contributed by atoms with Gasteiger partial charge in [0.25, 0.3) is 0 Å². The molecular weight excluding hydrogens is 252 g/mol. The summed E-state index contributed by atoms with van der Waals surface area (Å²) in [5, 5.41) is 16.8. The number of aromatic nitrogens is 4. The highest BCUT2D eigenvalue weighted by Crippen LogP contribution is 2.17. The Labute approximate surface area is 117 Å². The Bertz CT molecular complexity index is 681. The number of hydrogen-bond donors (Lipinski definition) is 1. The highest BCUT2D eigenvalue weighted by atomic mass is 15.4. The van der Waals surface area contributed by atoms with Crippen molar-refractivity contribution < 1.29 is 0 Å². The van der Waals surface area contributed by atoms with Crippen molar-refractivity contribution in [1.29, 1.82) is 5.26 Å². The molecule has 1 N–H and O–H groups in total. The largest absolute Gasteiger partial charge is 0.365 e. The fraction of sp³-hybridized carbons (Fsp3) is 0.429. The van der Waals surface area contributed by atoms with E-state index in [1.807, 2.05) is 30.7 Å². The smallest absolute Gasteiger partial charge is 0.147 e. The minimum Gasteiger partial charge on any atom is -0.365 e. The zero-order valence-corrected chi connectivity index (χ0v) is 11.6. The van der Waals surface area contributed by atoms with Crippen LogP contribution in [0.3, 0.4) is 0 Å². The van der Waals surface area contributed by atoms with E-state index >= 15 is 0 Å². The molecule has 0 saturated heterocycles. The topological polar surface area (TPSA) is 79.4 Å². The van der Waals surface area contributed by atoms with Crippen LogP contribution in [0.25, 0.3) is 0 Å². The molecule has 0 aliphatic carbocycles. The maximum Gasteiger partial charge on any atom is 0.147 e. The van der Waals surface area contributed by atoms with Crippen LogP contribution in [0, 0.1) is 25.2 Å². The predicted octanol–water partition coefficient (Wildman–Crippen LogP) is 1.59. The fourth-order valence-electron chi connectivity index (χ4n) is 2.48. The molecule has 0 amide bonds. The van der Waals surface area contributed by atoms with Crippen LogP contribution in [0.1, 0.15) is 29.3 Å². The first-order valence-corrected chi connectivity index (χ1v) is 6.70. The van der Waals surface area contributed by atoms with E-state index in [1.54, 1.807) is 0 Å². The van der Waals surface area contributed by atoms with E-state index in [1.165, 1.54) is 0 Å². The molecule has 3 heterocycles. The van der Waals surface area contributed by atoms with Crippen LogP contribution >= 0.6 is 0 Å². The molecule has 0 radical (unpaired) electrons. The molecule has 0 aromatic carbocycles. The summed E-state index contributed by atoms with van der Waals surface area (Å²) in [5.41, 5.74) is 1.37. The van der Waals surface area contributed by atoms with Gasteiger partial charge in [0.15, 0.2) is 0 Å². The number of nitrogens with zero attached hydrogens (tertiary/aromatic N) is 5. The van der Waals surface area contributed by atoms with Gasteiger partial charge >= 0.3 is 0 Å². The number of fused-ring (bicyclic) bond motifs is 1. The van der Waals surface area contributed by atoms with Crippen LogP contribution in [-0.2, 0) is 13.0 Å². The van der Waals surface area contributed by atoms with E-state index in [2.05, 4.69) is 26.5 Å². The summed E-state index contributed by atoms with van der Waals surface area (Å²) in [6, 6.07) is 6.22. The molecule has 3 rings (SSSR count). The lowest BCUT2D eigenvalue weighted by atomic mass is 10.1. The van der Waals surface area contributed by atoms with Crippen molar-refractivity contribution in [2.45, 2.75) is 39.3 Å². The van der Waals surface area contributed by atoms with Crippen molar-refractivity contribution in [1.82, 2.24) is 19.7 Å². The summed E-state index contributed by atoms with van der Waals surface area (Å²) in [6.07, 6.45) is 1.91. The van der Waals surface area contributed by atoms with E-state index in [9.17, 15) is 0 Å². The van der Waals surface area contributed by atoms with Crippen molar-refractivity contribution in [3.8, 4) is 6.07 Å². The van der Waals surface area contributed by atoms with Crippen LogP contribution in [0.2, 0.25) is 0 Å². The van der Waals surface area contributed by atoms with E-state index in [-0.39, 0.29) is 6.04 Å². The third kappa shape index (κ3) is 2.35. The number of pyridine rings is 1. The van der Waals surface area contributed by atoms with Crippen LogP contribution in [-0.4, -0.2) is 25.8 Å². The number of aryl methyl sites for hydroxylation is 3. The Kier molecular flexibility index (Phi) is 3.11. The summed E-state index contributed by atoms with van der Waals surface area (Å²) < 4.78 is 1.95. The highest BCUT2D eigenvalue weighted by molar-refractivity contribution is 5.43. The molecule has 20 heavy (non-hydrogen) atoms.